The van der Waals surface area contributed by atoms with Crippen LogP contribution in [0.4, 0.5) is 0 Å². The van der Waals surface area contributed by atoms with Crippen LogP contribution in [0.2, 0.25) is 0 Å². The van der Waals surface area contributed by atoms with Crippen LogP contribution in [0.1, 0.15) is 72.1 Å². The number of rotatable bonds is 6. The Hall–Kier alpha value is -2.13. The number of fused-ring (bicyclic) bond motifs is 3. The van der Waals surface area contributed by atoms with E-state index in [9.17, 15) is 4.79 Å². The van der Waals surface area contributed by atoms with Crippen LogP contribution in [0.3, 0.4) is 0 Å². The second kappa shape index (κ2) is 8.31. The Balaban J connectivity index is 1.73. The van der Waals surface area contributed by atoms with Crippen LogP contribution in [-0.4, -0.2) is 29.4 Å². The maximum absolute atomic E-state index is 13.5. The van der Waals surface area contributed by atoms with Gasteiger partial charge in [0.25, 0.3) is 5.91 Å². The van der Waals surface area contributed by atoms with E-state index in [-0.39, 0.29) is 17.5 Å². The molecule has 5 rings (SSSR count). The van der Waals surface area contributed by atoms with Crippen molar-refractivity contribution in [3.8, 4) is 0 Å². The first-order chi connectivity index (χ1) is 14.0. The van der Waals surface area contributed by atoms with Crippen LogP contribution in [-0.2, 0) is 0 Å². The highest BCUT2D eigenvalue weighted by molar-refractivity contribution is 5.97. The van der Waals surface area contributed by atoms with Crippen LogP contribution in [0.25, 0.3) is 0 Å². The molecule has 3 fully saturated rings. The second-order valence-corrected chi connectivity index (χ2v) is 9.08. The Morgan fingerprint density at radius 1 is 1.07 bits per heavy atom. The van der Waals surface area contributed by atoms with Gasteiger partial charge in [-0.05, 0) is 75.1 Å². The van der Waals surface area contributed by atoms with Gasteiger partial charge in [-0.3, -0.25) is 9.69 Å². The number of nitrogens with zero attached hydrogens (tertiary/aromatic N) is 1. The average molecular weight is 391 g/mol. The molecule has 0 aromatic heterocycles. The van der Waals surface area contributed by atoms with Crippen LogP contribution in [0, 0.1) is 19.8 Å². The van der Waals surface area contributed by atoms with Gasteiger partial charge in [-0.2, -0.15) is 0 Å². The molecular weight excluding hydrogens is 356 g/mol. The molecule has 0 spiro atoms. The number of piperidine rings is 2. The highest BCUT2D eigenvalue weighted by Crippen LogP contribution is 2.49. The molecule has 3 heteroatoms. The molecule has 2 aromatic rings. The minimum absolute atomic E-state index is 0.0167. The first-order valence-corrected chi connectivity index (χ1v) is 11.2. The third kappa shape index (κ3) is 3.73. The van der Waals surface area contributed by atoms with Crippen LogP contribution >= 0.6 is 0 Å². The van der Waals surface area contributed by atoms with Crippen molar-refractivity contribution in [2.24, 2.45) is 5.92 Å². The van der Waals surface area contributed by atoms with Crippen molar-refractivity contribution in [2.45, 2.75) is 64.5 Å². The SMILES string of the molecule is CCCN1CC2CCC1(C(NC(=O)c1c(C)cccc1C)c1ccccc1)CC2. The summed E-state index contributed by atoms with van der Waals surface area (Å²) in [6, 6.07) is 16.8. The fourth-order valence-electron chi connectivity index (χ4n) is 5.77. The Bertz CT molecular complexity index is 832. The molecule has 1 atom stereocenters. The molecule has 2 aliphatic heterocycles. The monoisotopic (exact) mass is 390 g/mol. The summed E-state index contributed by atoms with van der Waals surface area (Å²) in [6.45, 7) is 8.62. The minimum Gasteiger partial charge on any atom is -0.343 e. The van der Waals surface area contributed by atoms with Crippen LogP contribution < -0.4 is 5.32 Å². The van der Waals surface area contributed by atoms with Crippen molar-refractivity contribution in [3.05, 3.63) is 70.8 Å². The molecule has 1 unspecified atom stereocenters. The summed E-state index contributed by atoms with van der Waals surface area (Å²) < 4.78 is 0. The van der Waals surface area contributed by atoms with E-state index in [1.54, 1.807) is 0 Å². The Kier molecular flexibility index (Phi) is 5.78. The zero-order chi connectivity index (χ0) is 20.4. The van der Waals surface area contributed by atoms with Gasteiger partial charge in [0.1, 0.15) is 0 Å². The maximum Gasteiger partial charge on any atom is 0.252 e. The largest absolute Gasteiger partial charge is 0.343 e. The summed E-state index contributed by atoms with van der Waals surface area (Å²) in [5, 5.41) is 3.53. The number of amides is 1. The Morgan fingerprint density at radius 2 is 1.72 bits per heavy atom. The molecule has 2 saturated heterocycles. The molecule has 154 valence electrons. The number of benzene rings is 2. The van der Waals surface area contributed by atoms with Crippen molar-refractivity contribution in [2.75, 3.05) is 13.1 Å². The lowest BCUT2D eigenvalue weighted by atomic mass is 9.65. The molecule has 1 saturated carbocycles. The zero-order valence-corrected chi connectivity index (χ0v) is 18.1. The second-order valence-electron chi connectivity index (χ2n) is 9.08. The summed E-state index contributed by atoms with van der Waals surface area (Å²) >= 11 is 0. The van der Waals surface area contributed by atoms with Crippen molar-refractivity contribution < 1.29 is 4.79 Å². The molecule has 29 heavy (non-hydrogen) atoms. The van der Waals surface area contributed by atoms with Crippen LogP contribution in [0.5, 0.6) is 0 Å². The lowest BCUT2D eigenvalue weighted by Gasteiger charge is -2.58. The van der Waals surface area contributed by atoms with Gasteiger partial charge in [0.2, 0.25) is 0 Å². The fourth-order valence-corrected chi connectivity index (χ4v) is 5.77. The van der Waals surface area contributed by atoms with Crippen molar-refractivity contribution in [1.29, 1.82) is 0 Å². The zero-order valence-electron chi connectivity index (χ0n) is 18.1. The number of carbonyl (C=O) groups is 1. The predicted molar refractivity (Wildman–Crippen MR) is 119 cm³/mol. The van der Waals surface area contributed by atoms with Gasteiger partial charge in [-0.15, -0.1) is 0 Å². The smallest absolute Gasteiger partial charge is 0.252 e. The van der Waals surface area contributed by atoms with Gasteiger partial charge in [0.15, 0.2) is 0 Å². The van der Waals surface area contributed by atoms with Crippen molar-refractivity contribution >= 4 is 5.91 Å². The van der Waals surface area contributed by atoms with Crippen molar-refractivity contribution in [3.63, 3.8) is 0 Å². The number of nitrogens with one attached hydrogen (secondary N) is 1. The average Bonchev–Trinajstić information content (AvgIpc) is 2.74. The highest BCUT2D eigenvalue weighted by Gasteiger charge is 2.51. The van der Waals surface area contributed by atoms with E-state index in [4.69, 9.17) is 0 Å². The lowest BCUT2D eigenvalue weighted by molar-refractivity contribution is -0.0575. The van der Waals surface area contributed by atoms with Gasteiger partial charge < -0.3 is 5.32 Å². The van der Waals surface area contributed by atoms with Gasteiger partial charge in [-0.25, -0.2) is 0 Å². The molecule has 1 N–H and O–H groups in total. The molecule has 2 heterocycles. The summed E-state index contributed by atoms with van der Waals surface area (Å²) in [6.07, 6.45) is 6.06. The van der Waals surface area contributed by atoms with E-state index in [0.717, 1.165) is 35.6 Å². The number of hydrogen-bond donors (Lipinski definition) is 1. The van der Waals surface area contributed by atoms with E-state index in [0.29, 0.717) is 0 Å². The molecule has 3 aliphatic rings. The molecular formula is C26H34N2O. The van der Waals surface area contributed by atoms with Gasteiger partial charge >= 0.3 is 0 Å². The predicted octanol–water partition coefficient (Wildman–Crippen LogP) is 5.43. The summed E-state index contributed by atoms with van der Waals surface area (Å²) in [4.78, 5) is 16.2. The number of carbonyl (C=O) groups excluding carboxylic acids is 1. The lowest BCUT2D eigenvalue weighted by Crippen LogP contribution is -2.64. The summed E-state index contributed by atoms with van der Waals surface area (Å²) in [5.41, 5.74) is 4.18. The Labute approximate surface area is 175 Å². The molecule has 1 amide bonds. The molecule has 3 nitrogen and oxygen atoms in total. The Morgan fingerprint density at radius 3 is 2.34 bits per heavy atom. The normalized spacial score (nSPS) is 25.0. The standard InChI is InChI=1S/C26H34N2O/c1-4-17-28-18-21-13-15-26(28,16-14-21)24(22-11-6-5-7-12-22)27-25(29)23-19(2)9-8-10-20(23)3/h5-12,21,24H,4,13-18H2,1-3H3,(H,27,29). The molecule has 2 bridgehead atoms. The third-order valence-corrected chi connectivity index (χ3v) is 7.23. The first-order valence-electron chi connectivity index (χ1n) is 11.2. The molecule has 1 aliphatic carbocycles. The highest BCUT2D eigenvalue weighted by atomic mass is 16.1. The quantitative estimate of drug-likeness (QED) is 0.713. The van der Waals surface area contributed by atoms with E-state index < -0.39 is 0 Å². The van der Waals surface area contributed by atoms with Crippen molar-refractivity contribution in [1.82, 2.24) is 10.2 Å². The van der Waals surface area contributed by atoms with E-state index in [1.807, 2.05) is 32.0 Å². The maximum atomic E-state index is 13.5. The molecule has 2 aromatic carbocycles. The van der Waals surface area contributed by atoms with E-state index in [2.05, 4.69) is 47.5 Å². The van der Waals surface area contributed by atoms with Gasteiger partial charge in [-0.1, -0.05) is 55.5 Å². The number of hydrogen-bond acceptors (Lipinski definition) is 2. The minimum atomic E-state index is 0.0167. The molecule has 0 radical (unpaired) electrons. The van der Waals surface area contributed by atoms with E-state index in [1.165, 1.54) is 37.8 Å². The third-order valence-electron chi connectivity index (χ3n) is 7.23. The van der Waals surface area contributed by atoms with Gasteiger partial charge in [0.05, 0.1) is 6.04 Å². The fraction of sp³-hybridized carbons (Fsp3) is 0.500. The van der Waals surface area contributed by atoms with Gasteiger partial charge in [0, 0.05) is 17.6 Å². The van der Waals surface area contributed by atoms with E-state index >= 15 is 0 Å². The first kappa shape index (κ1) is 20.2. The summed E-state index contributed by atoms with van der Waals surface area (Å²) in [7, 11) is 0. The number of aryl methyl sites for hydroxylation is 2. The summed E-state index contributed by atoms with van der Waals surface area (Å²) in [5.74, 6) is 0.891. The topological polar surface area (TPSA) is 32.3 Å². The van der Waals surface area contributed by atoms with Crippen LogP contribution in [0.15, 0.2) is 48.5 Å².